The van der Waals surface area contributed by atoms with Crippen molar-refractivity contribution in [2.45, 2.75) is 25.7 Å². The standard InChI is InChI=1S/C11H12ClF2NO2/c1-2-17-10(16)4-9-8(11(13)14)3-7(5-12)6-15-9/h3,6,11H,2,4-5H2,1H3. The van der Waals surface area contributed by atoms with Crippen LogP contribution >= 0.6 is 11.6 Å². The molecule has 1 aromatic rings. The van der Waals surface area contributed by atoms with Gasteiger partial charge in [-0.2, -0.15) is 0 Å². The van der Waals surface area contributed by atoms with Gasteiger partial charge < -0.3 is 4.74 Å². The first-order chi connectivity index (χ1) is 8.08. The molecule has 0 aliphatic carbocycles. The molecule has 3 nitrogen and oxygen atoms in total. The number of carbonyl (C=O) groups is 1. The van der Waals surface area contributed by atoms with E-state index < -0.39 is 12.4 Å². The highest BCUT2D eigenvalue weighted by atomic mass is 35.5. The quantitative estimate of drug-likeness (QED) is 0.606. The monoisotopic (exact) mass is 263 g/mol. The van der Waals surface area contributed by atoms with Gasteiger partial charge in [-0.1, -0.05) is 0 Å². The molecule has 0 N–H and O–H groups in total. The molecule has 1 heterocycles. The van der Waals surface area contributed by atoms with Gasteiger partial charge in [0.25, 0.3) is 6.43 Å². The summed E-state index contributed by atoms with van der Waals surface area (Å²) in [6.07, 6.45) is -1.56. The highest BCUT2D eigenvalue weighted by Gasteiger charge is 2.17. The third-order valence-electron chi connectivity index (χ3n) is 2.07. The van der Waals surface area contributed by atoms with Crippen molar-refractivity contribution in [3.63, 3.8) is 0 Å². The van der Waals surface area contributed by atoms with Crippen LogP contribution in [0.3, 0.4) is 0 Å². The SMILES string of the molecule is CCOC(=O)Cc1ncc(CCl)cc1C(F)F. The Labute approximate surface area is 103 Å². The minimum absolute atomic E-state index is 0.0346. The van der Waals surface area contributed by atoms with Crippen molar-refractivity contribution in [2.24, 2.45) is 0 Å². The fourth-order valence-corrected chi connectivity index (χ4v) is 1.46. The third-order valence-corrected chi connectivity index (χ3v) is 2.38. The van der Waals surface area contributed by atoms with Crippen molar-refractivity contribution in [1.82, 2.24) is 4.98 Å². The van der Waals surface area contributed by atoms with Gasteiger partial charge >= 0.3 is 5.97 Å². The number of hydrogen-bond acceptors (Lipinski definition) is 3. The number of ether oxygens (including phenoxy) is 1. The fraction of sp³-hybridized carbons (Fsp3) is 0.455. The Morgan fingerprint density at radius 2 is 2.29 bits per heavy atom. The van der Waals surface area contributed by atoms with Crippen LogP contribution in [0, 0.1) is 0 Å². The molecule has 0 bridgehead atoms. The molecular formula is C11H12ClF2NO2. The highest BCUT2D eigenvalue weighted by Crippen LogP contribution is 2.23. The van der Waals surface area contributed by atoms with E-state index in [9.17, 15) is 13.6 Å². The lowest BCUT2D eigenvalue weighted by Gasteiger charge is -2.08. The maximum atomic E-state index is 12.7. The van der Waals surface area contributed by atoms with Gasteiger partial charge in [-0.3, -0.25) is 9.78 Å². The molecule has 0 aromatic carbocycles. The van der Waals surface area contributed by atoms with Crippen LogP contribution < -0.4 is 0 Å². The first kappa shape index (κ1) is 13.8. The van der Waals surface area contributed by atoms with E-state index in [0.29, 0.717) is 5.56 Å². The largest absolute Gasteiger partial charge is 0.466 e. The third kappa shape index (κ3) is 3.93. The first-order valence-corrected chi connectivity index (χ1v) is 5.59. The van der Waals surface area contributed by atoms with Crippen LogP contribution in [0.4, 0.5) is 8.78 Å². The second-order valence-electron chi connectivity index (χ2n) is 3.30. The number of alkyl halides is 3. The van der Waals surface area contributed by atoms with E-state index in [1.54, 1.807) is 6.92 Å². The van der Waals surface area contributed by atoms with E-state index in [2.05, 4.69) is 9.72 Å². The van der Waals surface area contributed by atoms with Gasteiger partial charge in [-0.25, -0.2) is 8.78 Å². The molecule has 0 aliphatic rings. The van der Waals surface area contributed by atoms with E-state index in [4.69, 9.17) is 11.6 Å². The fourth-order valence-electron chi connectivity index (χ4n) is 1.31. The van der Waals surface area contributed by atoms with Crippen LogP contribution in [0.25, 0.3) is 0 Å². The zero-order valence-corrected chi connectivity index (χ0v) is 10.0. The first-order valence-electron chi connectivity index (χ1n) is 5.05. The molecular weight excluding hydrogens is 252 g/mol. The summed E-state index contributed by atoms with van der Waals surface area (Å²) in [6.45, 7) is 1.86. The van der Waals surface area contributed by atoms with Crippen LogP contribution in [0.15, 0.2) is 12.3 Å². The topological polar surface area (TPSA) is 39.2 Å². The van der Waals surface area contributed by atoms with Crippen molar-refractivity contribution in [2.75, 3.05) is 6.61 Å². The normalized spacial score (nSPS) is 10.6. The van der Waals surface area contributed by atoms with Gasteiger partial charge in [0.2, 0.25) is 0 Å². The average Bonchev–Trinajstić information content (AvgIpc) is 2.29. The second-order valence-corrected chi connectivity index (χ2v) is 3.56. The smallest absolute Gasteiger partial charge is 0.311 e. The van der Waals surface area contributed by atoms with Crippen molar-refractivity contribution in [3.8, 4) is 0 Å². The predicted molar refractivity (Wildman–Crippen MR) is 59.1 cm³/mol. The molecule has 0 fully saturated rings. The molecule has 0 radical (unpaired) electrons. The number of esters is 1. The van der Waals surface area contributed by atoms with E-state index >= 15 is 0 Å². The average molecular weight is 264 g/mol. The van der Waals surface area contributed by atoms with Gasteiger partial charge in [0.1, 0.15) is 0 Å². The number of nitrogens with zero attached hydrogens (tertiary/aromatic N) is 1. The Balaban J connectivity index is 2.94. The molecule has 0 spiro atoms. The van der Waals surface area contributed by atoms with Crippen molar-refractivity contribution >= 4 is 17.6 Å². The lowest BCUT2D eigenvalue weighted by atomic mass is 10.1. The number of rotatable bonds is 5. The van der Waals surface area contributed by atoms with Crippen molar-refractivity contribution in [1.29, 1.82) is 0 Å². The minimum Gasteiger partial charge on any atom is -0.466 e. The molecule has 1 aromatic heterocycles. The van der Waals surface area contributed by atoms with Crippen LogP contribution in [-0.2, 0) is 21.8 Å². The number of halogens is 3. The summed E-state index contributed by atoms with van der Waals surface area (Å²) >= 11 is 5.53. The number of carbonyl (C=O) groups excluding carboxylic acids is 1. The predicted octanol–water partition coefficient (Wildman–Crippen LogP) is 2.86. The second kappa shape index (κ2) is 6.49. The van der Waals surface area contributed by atoms with Gasteiger partial charge in [0.05, 0.1) is 18.7 Å². The Kier molecular flexibility index (Phi) is 5.28. The molecule has 17 heavy (non-hydrogen) atoms. The molecule has 0 unspecified atom stereocenters. The van der Waals surface area contributed by atoms with E-state index in [0.717, 1.165) is 0 Å². The van der Waals surface area contributed by atoms with Crippen LogP contribution in [0.5, 0.6) is 0 Å². The lowest BCUT2D eigenvalue weighted by molar-refractivity contribution is -0.142. The zero-order chi connectivity index (χ0) is 12.8. The van der Waals surface area contributed by atoms with Crippen molar-refractivity contribution < 1.29 is 18.3 Å². The molecule has 0 saturated heterocycles. The number of pyridine rings is 1. The summed E-state index contributed by atoms with van der Waals surface area (Å²) in [7, 11) is 0. The van der Waals surface area contributed by atoms with Crippen LogP contribution in [0.2, 0.25) is 0 Å². The Bertz CT molecular complexity index is 399. The van der Waals surface area contributed by atoms with Gasteiger partial charge in [0.15, 0.2) is 0 Å². The molecule has 1 rings (SSSR count). The maximum Gasteiger partial charge on any atom is 0.311 e. The molecule has 94 valence electrons. The summed E-state index contributed by atoms with van der Waals surface area (Å²) in [6, 6.07) is 1.26. The molecule has 0 saturated carbocycles. The molecule has 0 amide bonds. The highest BCUT2D eigenvalue weighted by molar-refractivity contribution is 6.17. The van der Waals surface area contributed by atoms with Gasteiger partial charge in [-0.15, -0.1) is 11.6 Å². The Morgan fingerprint density at radius 1 is 1.59 bits per heavy atom. The number of aromatic nitrogens is 1. The summed E-state index contributed by atoms with van der Waals surface area (Å²) in [4.78, 5) is 15.0. The van der Waals surface area contributed by atoms with Gasteiger partial charge in [0, 0.05) is 17.6 Å². The molecule has 0 aliphatic heterocycles. The number of hydrogen-bond donors (Lipinski definition) is 0. The summed E-state index contributed by atoms with van der Waals surface area (Å²) in [5.74, 6) is -0.465. The maximum absolute atomic E-state index is 12.7. The molecule has 0 atom stereocenters. The van der Waals surface area contributed by atoms with Crippen LogP contribution in [0.1, 0.15) is 30.2 Å². The Morgan fingerprint density at radius 3 is 2.82 bits per heavy atom. The summed E-state index contributed by atoms with van der Waals surface area (Å²) in [5, 5.41) is 0. The van der Waals surface area contributed by atoms with Gasteiger partial charge in [-0.05, 0) is 18.6 Å². The molecule has 6 heteroatoms. The van der Waals surface area contributed by atoms with Crippen LogP contribution in [-0.4, -0.2) is 17.6 Å². The van der Waals surface area contributed by atoms with Crippen molar-refractivity contribution in [3.05, 3.63) is 29.1 Å². The lowest BCUT2D eigenvalue weighted by Crippen LogP contribution is -2.11. The zero-order valence-electron chi connectivity index (χ0n) is 9.25. The summed E-state index contributed by atoms with van der Waals surface area (Å²) in [5.41, 5.74) is 0.262. The summed E-state index contributed by atoms with van der Waals surface area (Å²) < 4.78 is 30.2. The Hall–Kier alpha value is -1.23. The minimum atomic E-state index is -2.69. The van der Waals surface area contributed by atoms with E-state index in [-0.39, 0.29) is 30.2 Å². The van der Waals surface area contributed by atoms with E-state index in [1.807, 2.05) is 0 Å². The van der Waals surface area contributed by atoms with E-state index in [1.165, 1.54) is 12.3 Å².